The molecule has 0 aliphatic carbocycles. The molecule has 1 fully saturated rings. The van der Waals surface area contributed by atoms with Crippen LogP contribution in [0, 0.1) is 0 Å². The van der Waals surface area contributed by atoms with Gasteiger partial charge in [0.05, 0.1) is 31.0 Å². The molecule has 1 aromatic carbocycles. The number of pyridine rings is 1. The Balaban J connectivity index is 1.71. The van der Waals surface area contributed by atoms with Crippen molar-refractivity contribution in [2.75, 3.05) is 38.2 Å². The summed E-state index contributed by atoms with van der Waals surface area (Å²) in [5.41, 5.74) is 1.59. The number of benzene rings is 1. The van der Waals surface area contributed by atoms with Gasteiger partial charge in [0.1, 0.15) is 0 Å². The predicted molar refractivity (Wildman–Crippen MR) is 77.6 cm³/mol. The van der Waals surface area contributed by atoms with Crippen LogP contribution in [0.1, 0.15) is 0 Å². The third-order valence-electron chi connectivity index (χ3n) is 3.38. The number of hydrogen-bond donors (Lipinski definition) is 1. The van der Waals surface area contributed by atoms with Gasteiger partial charge in [0.25, 0.3) is 0 Å². The van der Waals surface area contributed by atoms with Crippen LogP contribution in [0.5, 0.6) is 0 Å². The summed E-state index contributed by atoms with van der Waals surface area (Å²) >= 11 is 0. The van der Waals surface area contributed by atoms with Crippen LogP contribution in [0.15, 0.2) is 36.5 Å². The topological polar surface area (TPSA) is 54.5 Å². The van der Waals surface area contributed by atoms with Crippen molar-refractivity contribution >= 4 is 22.5 Å². The van der Waals surface area contributed by atoms with E-state index in [1.165, 1.54) is 0 Å². The first-order chi connectivity index (χ1) is 9.83. The van der Waals surface area contributed by atoms with Gasteiger partial charge in [0.15, 0.2) is 0 Å². The fourth-order valence-electron chi connectivity index (χ4n) is 2.36. The average molecular weight is 271 g/mol. The minimum Gasteiger partial charge on any atom is -0.379 e. The van der Waals surface area contributed by atoms with E-state index in [9.17, 15) is 4.79 Å². The summed E-state index contributed by atoms with van der Waals surface area (Å²) < 4.78 is 5.27. The number of aromatic nitrogens is 1. The van der Waals surface area contributed by atoms with Crippen molar-refractivity contribution in [1.29, 1.82) is 0 Å². The molecule has 1 N–H and O–H groups in total. The van der Waals surface area contributed by atoms with Gasteiger partial charge in [-0.05, 0) is 12.1 Å². The van der Waals surface area contributed by atoms with Crippen LogP contribution >= 0.6 is 0 Å². The second kappa shape index (κ2) is 5.98. The number of hydrogen-bond acceptors (Lipinski definition) is 4. The number of carbonyl (C=O) groups is 1. The third-order valence-corrected chi connectivity index (χ3v) is 3.38. The van der Waals surface area contributed by atoms with Gasteiger partial charge in [-0.2, -0.15) is 0 Å². The summed E-state index contributed by atoms with van der Waals surface area (Å²) in [6.45, 7) is 3.40. The largest absolute Gasteiger partial charge is 0.379 e. The standard InChI is InChI=1S/C15H17N3O2/c19-14(11-18-7-9-20-10-8-18)17-13-5-1-3-12-4-2-6-16-15(12)13/h1-6H,7-11H2,(H,17,19). The lowest BCUT2D eigenvalue weighted by Gasteiger charge is -2.25. The molecule has 20 heavy (non-hydrogen) atoms. The lowest BCUT2D eigenvalue weighted by molar-refractivity contribution is -0.118. The lowest BCUT2D eigenvalue weighted by Crippen LogP contribution is -2.41. The maximum Gasteiger partial charge on any atom is 0.238 e. The van der Waals surface area contributed by atoms with Crippen molar-refractivity contribution in [2.45, 2.75) is 0 Å². The molecule has 2 heterocycles. The van der Waals surface area contributed by atoms with E-state index in [4.69, 9.17) is 4.74 Å². The van der Waals surface area contributed by atoms with Crippen LogP contribution in [0.2, 0.25) is 0 Å². The Bertz CT molecular complexity index is 604. The highest BCUT2D eigenvalue weighted by atomic mass is 16.5. The molecule has 1 aliphatic heterocycles. The highest BCUT2D eigenvalue weighted by Gasteiger charge is 2.14. The zero-order valence-corrected chi connectivity index (χ0v) is 11.2. The number of nitrogens with zero attached hydrogens (tertiary/aromatic N) is 2. The summed E-state index contributed by atoms with van der Waals surface area (Å²) in [5.74, 6) is -0.00921. The van der Waals surface area contributed by atoms with Gasteiger partial charge < -0.3 is 10.1 Å². The van der Waals surface area contributed by atoms with Crippen LogP contribution in [0.4, 0.5) is 5.69 Å². The number of anilines is 1. The molecule has 1 saturated heterocycles. The molecule has 0 atom stereocenters. The molecular weight excluding hydrogens is 254 g/mol. The average Bonchev–Trinajstić information content (AvgIpc) is 2.48. The van der Waals surface area contributed by atoms with Crippen molar-refractivity contribution in [2.24, 2.45) is 0 Å². The van der Waals surface area contributed by atoms with Crippen molar-refractivity contribution in [3.05, 3.63) is 36.5 Å². The van der Waals surface area contributed by atoms with Crippen LogP contribution in [-0.2, 0) is 9.53 Å². The maximum atomic E-state index is 12.1. The number of fused-ring (bicyclic) bond motifs is 1. The number of rotatable bonds is 3. The molecular formula is C15H17N3O2. The smallest absolute Gasteiger partial charge is 0.238 e. The van der Waals surface area contributed by atoms with E-state index in [0.29, 0.717) is 19.8 Å². The molecule has 1 aliphatic rings. The van der Waals surface area contributed by atoms with Crippen LogP contribution in [0.3, 0.4) is 0 Å². The fourth-order valence-corrected chi connectivity index (χ4v) is 2.36. The molecule has 0 bridgehead atoms. The van der Waals surface area contributed by atoms with Gasteiger partial charge >= 0.3 is 0 Å². The lowest BCUT2D eigenvalue weighted by atomic mass is 10.2. The van der Waals surface area contributed by atoms with E-state index in [2.05, 4.69) is 15.2 Å². The number of morpholine rings is 1. The summed E-state index contributed by atoms with van der Waals surface area (Å²) in [6.07, 6.45) is 1.74. The molecule has 0 radical (unpaired) electrons. The number of ether oxygens (including phenoxy) is 1. The molecule has 104 valence electrons. The Labute approximate surface area is 117 Å². The van der Waals surface area contributed by atoms with Crippen LogP contribution in [-0.4, -0.2) is 48.6 Å². The normalized spacial score (nSPS) is 16.2. The summed E-state index contributed by atoms with van der Waals surface area (Å²) in [5, 5.41) is 3.97. The fraction of sp³-hybridized carbons (Fsp3) is 0.333. The molecule has 2 aromatic rings. The van der Waals surface area contributed by atoms with Gasteiger partial charge in [0, 0.05) is 24.7 Å². The van der Waals surface area contributed by atoms with E-state index >= 15 is 0 Å². The van der Waals surface area contributed by atoms with Crippen LogP contribution in [0.25, 0.3) is 10.9 Å². The second-order valence-corrected chi connectivity index (χ2v) is 4.82. The predicted octanol–water partition coefficient (Wildman–Crippen LogP) is 1.51. The summed E-state index contributed by atoms with van der Waals surface area (Å²) in [4.78, 5) is 18.5. The quantitative estimate of drug-likeness (QED) is 0.919. The molecule has 1 amide bonds. The van der Waals surface area contributed by atoms with Gasteiger partial charge in [-0.3, -0.25) is 14.7 Å². The van der Waals surface area contributed by atoms with Gasteiger partial charge in [-0.1, -0.05) is 18.2 Å². The SMILES string of the molecule is O=C(CN1CCOCC1)Nc1cccc2cccnc12. The third kappa shape index (κ3) is 2.95. The number of carbonyl (C=O) groups excluding carboxylic acids is 1. The van der Waals surface area contributed by atoms with E-state index in [0.717, 1.165) is 29.7 Å². The molecule has 1 aromatic heterocycles. The Morgan fingerprint density at radius 3 is 2.90 bits per heavy atom. The first kappa shape index (κ1) is 13.0. The number of amides is 1. The van der Waals surface area contributed by atoms with Crippen molar-refractivity contribution in [3.63, 3.8) is 0 Å². The Morgan fingerprint density at radius 1 is 1.25 bits per heavy atom. The van der Waals surface area contributed by atoms with Gasteiger partial charge in [0.2, 0.25) is 5.91 Å². The Kier molecular flexibility index (Phi) is 3.90. The van der Waals surface area contributed by atoms with E-state index in [1.54, 1.807) is 6.20 Å². The molecule has 0 saturated carbocycles. The monoisotopic (exact) mass is 271 g/mol. The van der Waals surface area contributed by atoms with Gasteiger partial charge in [-0.15, -0.1) is 0 Å². The number of nitrogens with one attached hydrogen (secondary N) is 1. The second-order valence-electron chi connectivity index (χ2n) is 4.82. The van der Waals surface area contributed by atoms with Crippen molar-refractivity contribution in [3.8, 4) is 0 Å². The summed E-state index contributed by atoms with van der Waals surface area (Å²) in [6, 6.07) is 9.67. The summed E-state index contributed by atoms with van der Waals surface area (Å²) in [7, 11) is 0. The van der Waals surface area contributed by atoms with Gasteiger partial charge in [-0.25, -0.2) is 0 Å². The molecule has 5 heteroatoms. The minimum absolute atomic E-state index is 0.00921. The molecule has 0 unspecified atom stereocenters. The molecule has 5 nitrogen and oxygen atoms in total. The zero-order chi connectivity index (χ0) is 13.8. The van der Waals surface area contributed by atoms with Crippen molar-refractivity contribution in [1.82, 2.24) is 9.88 Å². The minimum atomic E-state index is -0.00921. The zero-order valence-electron chi connectivity index (χ0n) is 11.2. The van der Waals surface area contributed by atoms with E-state index in [-0.39, 0.29) is 5.91 Å². The maximum absolute atomic E-state index is 12.1. The van der Waals surface area contributed by atoms with Crippen LogP contribution < -0.4 is 5.32 Å². The Hall–Kier alpha value is -1.98. The van der Waals surface area contributed by atoms with E-state index < -0.39 is 0 Å². The Morgan fingerprint density at radius 2 is 2.05 bits per heavy atom. The highest BCUT2D eigenvalue weighted by molar-refractivity contribution is 6.00. The number of para-hydroxylation sites is 1. The molecule has 0 spiro atoms. The molecule has 3 rings (SSSR count). The van der Waals surface area contributed by atoms with Crippen molar-refractivity contribution < 1.29 is 9.53 Å². The first-order valence-corrected chi connectivity index (χ1v) is 6.76. The van der Waals surface area contributed by atoms with E-state index in [1.807, 2.05) is 30.3 Å². The highest BCUT2D eigenvalue weighted by Crippen LogP contribution is 2.20. The first-order valence-electron chi connectivity index (χ1n) is 6.76.